The van der Waals surface area contributed by atoms with Crippen LogP contribution in [0.5, 0.6) is 0 Å². The third-order valence-corrected chi connectivity index (χ3v) is 3.38. The molecule has 0 bridgehead atoms. The maximum absolute atomic E-state index is 3.70. The molecule has 1 N–H and O–H groups in total. The summed E-state index contributed by atoms with van der Waals surface area (Å²) < 4.78 is 0. The van der Waals surface area contributed by atoms with E-state index in [0.29, 0.717) is 12.1 Å². The highest BCUT2D eigenvalue weighted by molar-refractivity contribution is 5.35. The SMILES string of the molecule is CC[C@H]1Cc2ccccc2[C@@H]1NC(C)C. The van der Waals surface area contributed by atoms with Crippen molar-refractivity contribution in [2.75, 3.05) is 0 Å². The third kappa shape index (κ3) is 2.07. The molecular weight excluding hydrogens is 182 g/mol. The molecule has 0 saturated heterocycles. The van der Waals surface area contributed by atoms with Gasteiger partial charge in [0.05, 0.1) is 0 Å². The molecule has 2 atom stereocenters. The van der Waals surface area contributed by atoms with Crippen molar-refractivity contribution >= 4 is 0 Å². The summed E-state index contributed by atoms with van der Waals surface area (Å²) in [5.74, 6) is 0.782. The topological polar surface area (TPSA) is 12.0 Å². The summed E-state index contributed by atoms with van der Waals surface area (Å²) in [6, 6.07) is 10.0. The van der Waals surface area contributed by atoms with Gasteiger partial charge in [0.25, 0.3) is 0 Å². The average Bonchev–Trinajstić information content (AvgIpc) is 2.56. The van der Waals surface area contributed by atoms with Crippen LogP contribution in [0.25, 0.3) is 0 Å². The minimum atomic E-state index is 0.565. The van der Waals surface area contributed by atoms with Crippen molar-refractivity contribution in [1.29, 1.82) is 0 Å². The molecule has 0 amide bonds. The van der Waals surface area contributed by atoms with Crippen LogP contribution in [0.3, 0.4) is 0 Å². The van der Waals surface area contributed by atoms with E-state index in [1.165, 1.54) is 18.4 Å². The molecule has 1 aromatic carbocycles. The molecule has 0 heterocycles. The summed E-state index contributed by atoms with van der Waals surface area (Å²) in [4.78, 5) is 0. The van der Waals surface area contributed by atoms with Crippen LogP contribution in [0.4, 0.5) is 0 Å². The highest BCUT2D eigenvalue weighted by Gasteiger charge is 2.30. The minimum absolute atomic E-state index is 0.565. The van der Waals surface area contributed by atoms with Gasteiger partial charge in [0, 0.05) is 12.1 Å². The Kier molecular flexibility index (Phi) is 3.11. The Labute approximate surface area is 92.9 Å². The lowest BCUT2D eigenvalue weighted by Gasteiger charge is -2.23. The predicted octanol–water partition coefficient (Wildman–Crippen LogP) is 3.31. The van der Waals surface area contributed by atoms with E-state index in [1.807, 2.05) is 0 Å². The van der Waals surface area contributed by atoms with Crippen LogP contribution in [0.1, 0.15) is 44.4 Å². The van der Waals surface area contributed by atoms with Crippen molar-refractivity contribution in [3.05, 3.63) is 35.4 Å². The van der Waals surface area contributed by atoms with Gasteiger partial charge in [-0.15, -0.1) is 0 Å². The molecule has 1 aromatic rings. The van der Waals surface area contributed by atoms with Gasteiger partial charge in [0.15, 0.2) is 0 Å². The first kappa shape index (κ1) is 10.7. The van der Waals surface area contributed by atoms with Gasteiger partial charge in [-0.2, -0.15) is 0 Å². The number of hydrogen-bond acceptors (Lipinski definition) is 1. The van der Waals surface area contributed by atoms with E-state index in [0.717, 1.165) is 5.92 Å². The quantitative estimate of drug-likeness (QED) is 0.794. The van der Waals surface area contributed by atoms with Crippen LogP contribution in [0.2, 0.25) is 0 Å². The van der Waals surface area contributed by atoms with Gasteiger partial charge in [-0.3, -0.25) is 0 Å². The van der Waals surface area contributed by atoms with Crippen molar-refractivity contribution in [2.24, 2.45) is 5.92 Å². The fourth-order valence-corrected chi connectivity index (χ4v) is 2.64. The Morgan fingerprint density at radius 2 is 2.07 bits per heavy atom. The first-order valence-electron chi connectivity index (χ1n) is 6.06. The van der Waals surface area contributed by atoms with Gasteiger partial charge in [-0.25, -0.2) is 0 Å². The molecule has 2 rings (SSSR count). The van der Waals surface area contributed by atoms with Gasteiger partial charge in [-0.1, -0.05) is 51.5 Å². The molecule has 0 spiro atoms. The second kappa shape index (κ2) is 4.36. The molecule has 82 valence electrons. The van der Waals surface area contributed by atoms with E-state index in [1.54, 1.807) is 5.56 Å². The number of nitrogens with one attached hydrogen (secondary N) is 1. The zero-order valence-corrected chi connectivity index (χ0v) is 9.96. The Morgan fingerprint density at radius 3 is 2.73 bits per heavy atom. The van der Waals surface area contributed by atoms with E-state index in [-0.39, 0.29) is 0 Å². The van der Waals surface area contributed by atoms with E-state index in [4.69, 9.17) is 0 Å². The van der Waals surface area contributed by atoms with Crippen LogP contribution in [-0.4, -0.2) is 6.04 Å². The molecule has 15 heavy (non-hydrogen) atoms. The second-order valence-electron chi connectivity index (χ2n) is 4.87. The molecule has 0 radical (unpaired) electrons. The van der Waals surface area contributed by atoms with Gasteiger partial charge in [-0.05, 0) is 23.5 Å². The Morgan fingerprint density at radius 1 is 1.33 bits per heavy atom. The molecule has 1 aliphatic carbocycles. The largest absolute Gasteiger partial charge is 0.307 e. The minimum Gasteiger partial charge on any atom is -0.307 e. The van der Waals surface area contributed by atoms with E-state index in [2.05, 4.69) is 50.4 Å². The number of rotatable bonds is 3. The predicted molar refractivity (Wildman–Crippen MR) is 64.9 cm³/mol. The zero-order chi connectivity index (χ0) is 10.8. The lowest BCUT2D eigenvalue weighted by molar-refractivity contribution is 0.355. The second-order valence-corrected chi connectivity index (χ2v) is 4.87. The lowest BCUT2D eigenvalue weighted by Crippen LogP contribution is -2.30. The fraction of sp³-hybridized carbons (Fsp3) is 0.571. The van der Waals surface area contributed by atoms with E-state index >= 15 is 0 Å². The normalized spacial score (nSPS) is 24.5. The molecule has 0 fully saturated rings. The van der Waals surface area contributed by atoms with Gasteiger partial charge < -0.3 is 5.32 Å². The van der Waals surface area contributed by atoms with Crippen LogP contribution < -0.4 is 5.32 Å². The first-order valence-corrected chi connectivity index (χ1v) is 6.06. The number of fused-ring (bicyclic) bond motifs is 1. The van der Waals surface area contributed by atoms with E-state index < -0.39 is 0 Å². The van der Waals surface area contributed by atoms with E-state index in [9.17, 15) is 0 Å². The smallest absolute Gasteiger partial charge is 0.0356 e. The molecule has 1 nitrogen and oxygen atoms in total. The van der Waals surface area contributed by atoms with Crippen molar-refractivity contribution < 1.29 is 0 Å². The Balaban J connectivity index is 2.25. The molecule has 0 aliphatic heterocycles. The molecule has 0 saturated carbocycles. The lowest BCUT2D eigenvalue weighted by atomic mass is 9.97. The van der Waals surface area contributed by atoms with Crippen molar-refractivity contribution in [2.45, 2.75) is 45.7 Å². The van der Waals surface area contributed by atoms with Crippen LogP contribution in [0.15, 0.2) is 24.3 Å². The third-order valence-electron chi connectivity index (χ3n) is 3.38. The fourth-order valence-electron chi connectivity index (χ4n) is 2.64. The van der Waals surface area contributed by atoms with Crippen molar-refractivity contribution in [3.8, 4) is 0 Å². The van der Waals surface area contributed by atoms with Gasteiger partial charge in [0.2, 0.25) is 0 Å². The standard InChI is InChI=1S/C14H21N/c1-4-11-9-12-7-5-6-8-13(12)14(11)15-10(2)3/h5-8,10-11,14-15H,4,9H2,1-3H3/t11-,14+/m0/s1. The van der Waals surface area contributed by atoms with Crippen LogP contribution in [0, 0.1) is 5.92 Å². The first-order chi connectivity index (χ1) is 7.22. The Hall–Kier alpha value is -0.820. The molecule has 1 aliphatic rings. The van der Waals surface area contributed by atoms with Crippen molar-refractivity contribution in [3.63, 3.8) is 0 Å². The van der Waals surface area contributed by atoms with Gasteiger partial charge >= 0.3 is 0 Å². The Bertz CT molecular complexity index is 330. The number of hydrogen-bond donors (Lipinski definition) is 1. The summed E-state index contributed by atoms with van der Waals surface area (Å²) >= 11 is 0. The molecular formula is C14H21N. The average molecular weight is 203 g/mol. The van der Waals surface area contributed by atoms with Crippen LogP contribution >= 0.6 is 0 Å². The maximum Gasteiger partial charge on any atom is 0.0356 e. The monoisotopic (exact) mass is 203 g/mol. The van der Waals surface area contributed by atoms with Crippen molar-refractivity contribution in [1.82, 2.24) is 5.32 Å². The van der Waals surface area contributed by atoms with Crippen LogP contribution in [-0.2, 0) is 6.42 Å². The number of benzene rings is 1. The highest BCUT2D eigenvalue weighted by atomic mass is 15.0. The summed E-state index contributed by atoms with van der Waals surface area (Å²) in [5, 5.41) is 3.70. The summed E-state index contributed by atoms with van der Waals surface area (Å²) in [5.41, 5.74) is 3.07. The molecule has 0 unspecified atom stereocenters. The summed E-state index contributed by atoms with van der Waals surface area (Å²) in [7, 11) is 0. The zero-order valence-electron chi connectivity index (χ0n) is 9.96. The molecule has 0 aromatic heterocycles. The molecule has 1 heteroatoms. The van der Waals surface area contributed by atoms with Gasteiger partial charge in [0.1, 0.15) is 0 Å². The summed E-state index contributed by atoms with van der Waals surface area (Å²) in [6.07, 6.45) is 2.51. The summed E-state index contributed by atoms with van der Waals surface area (Å²) in [6.45, 7) is 6.76. The maximum atomic E-state index is 3.70. The highest BCUT2D eigenvalue weighted by Crippen LogP contribution is 2.37.